The zero-order valence-corrected chi connectivity index (χ0v) is 19.5. The van der Waals surface area contributed by atoms with Gasteiger partial charge < -0.3 is 14.6 Å². The van der Waals surface area contributed by atoms with Gasteiger partial charge in [-0.2, -0.15) is 0 Å². The van der Waals surface area contributed by atoms with Gasteiger partial charge in [-0.05, 0) is 61.3 Å². The molecule has 2 heterocycles. The first kappa shape index (κ1) is 22.2. The molecule has 0 saturated carbocycles. The number of imidazole rings is 1. The van der Waals surface area contributed by atoms with Crippen molar-refractivity contribution in [1.82, 2.24) is 14.5 Å². The number of aromatic nitrogens is 2. The summed E-state index contributed by atoms with van der Waals surface area (Å²) in [6.45, 7) is 3.01. The van der Waals surface area contributed by atoms with E-state index in [4.69, 9.17) is 9.72 Å². The zero-order chi connectivity index (χ0) is 23.3. The van der Waals surface area contributed by atoms with Crippen LogP contribution >= 0.6 is 0 Å². The van der Waals surface area contributed by atoms with E-state index in [0.717, 1.165) is 66.3 Å². The van der Waals surface area contributed by atoms with Gasteiger partial charge in [-0.15, -0.1) is 0 Å². The van der Waals surface area contributed by atoms with Crippen molar-refractivity contribution in [2.24, 2.45) is 13.0 Å². The quantitative estimate of drug-likeness (QED) is 0.427. The predicted octanol–water partition coefficient (Wildman–Crippen LogP) is 5.00. The van der Waals surface area contributed by atoms with E-state index in [1.807, 2.05) is 72.8 Å². The number of hydrogen-bond donors (Lipinski definition) is 1. The highest BCUT2D eigenvalue weighted by molar-refractivity contribution is 5.92. The summed E-state index contributed by atoms with van der Waals surface area (Å²) in [7, 11) is 2.06. The van der Waals surface area contributed by atoms with Crippen LogP contribution in [0.25, 0.3) is 11.0 Å². The van der Waals surface area contributed by atoms with Crippen molar-refractivity contribution in [2.45, 2.75) is 26.0 Å². The van der Waals surface area contributed by atoms with E-state index in [2.05, 4.69) is 27.9 Å². The third-order valence-electron chi connectivity index (χ3n) is 6.49. The maximum absolute atomic E-state index is 13.0. The first-order valence-electron chi connectivity index (χ1n) is 11.9. The van der Waals surface area contributed by atoms with Gasteiger partial charge >= 0.3 is 0 Å². The Bertz CT molecular complexity index is 1250. The number of benzene rings is 3. The molecule has 4 aromatic rings. The third kappa shape index (κ3) is 5.13. The van der Waals surface area contributed by atoms with Gasteiger partial charge in [0.25, 0.3) is 0 Å². The van der Waals surface area contributed by atoms with Crippen LogP contribution in [0.15, 0.2) is 78.9 Å². The number of fused-ring (bicyclic) bond motifs is 1. The summed E-state index contributed by atoms with van der Waals surface area (Å²) in [6.07, 6.45) is 1.91. The van der Waals surface area contributed by atoms with Crippen molar-refractivity contribution in [3.63, 3.8) is 0 Å². The lowest BCUT2D eigenvalue weighted by Gasteiger charge is -2.31. The Labute approximate surface area is 200 Å². The van der Waals surface area contributed by atoms with Crippen LogP contribution in [0.3, 0.4) is 0 Å². The fraction of sp³-hybridized carbons (Fsp3) is 0.286. The average molecular weight is 455 g/mol. The second-order valence-corrected chi connectivity index (χ2v) is 8.94. The van der Waals surface area contributed by atoms with Crippen molar-refractivity contribution in [3.05, 3.63) is 90.3 Å². The summed E-state index contributed by atoms with van der Waals surface area (Å²) in [5.41, 5.74) is 4.08. The molecule has 0 aliphatic carbocycles. The van der Waals surface area contributed by atoms with E-state index in [1.54, 1.807) is 0 Å². The van der Waals surface area contributed by atoms with E-state index < -0.39 is 0 Å². The van der Waals surface area contributed by atoms with Gasteiger partial charge in [-0.1, -0.05) is 42.5 Å². The number of amides is 1. The van der Waals surface area contributed by atoms with Gasteiger partial charge in [0, 0.05) is 19.3 Å². The number of carbonyl (C=O) groups is 1. The SMILES string of the molecule is Cn1c(CN2CCC[C@@H](C(=O)Nc3ccc(OCc4ccccc4)cc3)C2)nc2ccccc21. The molecule has 1 fully saturated rings. The van der Waals surface area contributed by atoms with Crippen molar-refractivity contribution >= 4 is 22.6 Å². The molecule has 0 bridgehead atoms. The minimum Gasteiger partial charge on any atom is -0.489 e. The molecule has 1 N–H and O–H groups in total. The summed E-state index contributed by atoms with van der Waals surface area (Å²) in [4.78, 5) is 20.1. The van der Waals surface area contributed by atoms with Gasteiger partial charge in [0.05, 0.1) is 23.5 Å². The molecule has 1 aliphatic heterocycles. The lowest BCUT2D eigenvalue weighted by atomic mass is 9.97. The summed E-state index contributed by atoms with van der Waals surface area (Å²) in [5.74, 6) is 1.87. The monoisotopic (exact) mass is 454 g/mol. The highest BCUT2D eigenvalue weighted by Crippen LogP contribution is 2.23. The molecular weight excluding hydrogens is 424 g/mol. The van der Waals surface area contributed by atoms with Gasteiger partial charge in [0.1, 0.15) is 18.2 Å². The summed E-state index contributed by atoms with van der Waals surface area (Å²) >= 11 is 0. The summed E-state index contributed by atoms with van der Waals surface area (Å²) in [6, 6.07) is 25.9. The van der Waals surface area contributed by atoms with Gasteiger partial charge in [-0.25, -0.2) is 4.98 Å². The lowest BCUT2D eigenvalue weighted by molar-refractivity contribution is -0.121. The Hall–Kier alpha value is -3.64. The number of ether oxygens (including phenoxy) is 1. The molecular formula is C28H30N4O2. The van der Waals surface area contributed by atoms with Crippen molar-refractivity contribution < 1.29 is 9.53 Å². The Kier molecular flexibility index (Phi) is 6.58. The van der Waals surface area contributed by atoms with Crippen LogP contribution in [0.4, 0.5) is 5.69 Å². The van der Waals surface area contributed by atoms with Crippen LogP contribution < -0.4 is 10.1 Å². The minimum absolute atomic E-state index is 0.0301. The van der Waals surface area contributed by atoms with Gasteiger partial charge in [-0.3, -0.25) is 9.69 Å². The number of anilines is 1. The second kappa shape index (κ2) is 10.1. The Morgan fingerprint density at radius 1 is 1.03 bits per heavy atom. The number of nitrogens with zero attached hydrogens (tertiary/aromatic N) is 3. The maximum Gasteiger partial charge on any atom is 0.228 e. The maximum atomic E-state index is 13.0. The Balaban J connectivity index is 1.15. The second-order valence-electron chi connectivity index (χ2n) is 8.94. The highest BCUT2D eigenvalue weighted by atomic mass is 16.5. The Morgan fingerprint density at radius 2 is 1.79 bits per heavy atom. The van der Waals surface area contributed by atoms with E-state index in [-0.39, 0.29) is 11.8 Å². The van der Waals surface area contributed by atoms with Crippen LogP contribution in [0, 0.1) is 5.92 Å². The molecule has 1 saturated heterocycles. The number of nitrogens with one attached hydrogen (secondary N) is 1. The van der Waals surface area contributed by atoms with Gasteiger partial charge in [0.15, 0.2) is 0 Å². The number of likely N-dealkylation sites (tertiary alicyclic amines) is 1. The van der Waals surface area contributed by atoms with Gasteiger partial charge in [0.2, 0.25) is 5.91 Å². The molecule has 5 rings (SSSR count). The third-order valence-corrected chi connectivity index (χ3v) is 6.49. The highest BCUT2D eigenvalue weighted by Gasteiger charge is 2.26. The largest absolute Gasteiger partial charge is 0.489 e. The first-order valence-corrected chi connectivity index (χ1v) is 11.9. The molecule has 1 aromatic heterocycles. The summed E-state index contributed by atoms with van der Waals surface area (Å²) in [5, 5.41) is 3.09. The molecule has 6 heteroatoms. The molecule has 0 unspecified atom stereocenters. The lowest BCUT2D eigenvalue weighted by Crippen LogP contribution is -2.40. The van der Waals surface area contributed by atoms with Crippen LogP contribution in [-0.4, -0.2) is 33.4 Å². The number of para-hydroxylation sites is 2. The topological polar surface area (TPSA) is 59.4 Å². The molecule has 0 spiro atoms. The molecule has 6 nitrogen and oxygen atoms in total. The number of rotatable bonds is 7. The fourth-order valence-electron chi connectivity index (χ4n) is 4.57. The minimum atomic E-state index is -0.0301. The van der Waals surface area contributed by atoms with E-state index >= 15 is 0 Å². The van der Waals surface area contributed by atoms with Crippen molar-refractivity contribution in [3.8, 4) is 5.75 Å². The molecule has 1 amide bonds. The van der Waals surface area contributed by atoms with Crippen LogP contribution in [-0.2, 0) is 25.0 Å². The number of aryl methyl sites for hydroxylation is 1. The number of carbonyl (C=O) groups excluding carboxylic acids is 1. The Morgan fingerprint density at radius 3 is 2.59 bits per heavy atom. The van der Waals surface area contributed by atoms with E-state index in [9.17, 15) is 4.79 Å². The van der Waals surface area contributed by atoms with E-state index in [0.29, 0.717) is 6.61 Å². The van der Waals surface area contributed by atoms with Crippen LogP contribution in [0.5, 0.6) is 5.75 Å². The number of piperidine rings is 1. The molecule has 3 aromatic carbocycles. The number of hydrogen-bond acceptors (Lipinski definition) is 4. The molecule has 1 atom stereocenters. The smallest absolute Gasteiger partial charge is 0.228 e. The molecule has 34 heavy (non-hydrogen) atoms. The molecule has 174 valence electrons. The molecule has 0 radical (unpaired) electrons. The van der Waals surface area contributed by atoms with Crippen LogP contribution in [0.1, 0.15) is 24.2 Å². The van der Waals surface area contributed by atoms with Crippen LogP contribution in [0.2, 0.25) is 0 Å². The summed E-state index contributed by atoms with van der Waals surface area (Å²) < 4.78 is 8.00. The zero-order valence-electron chi connectivity index (χ0n) is 19.5. The van der Waals surface area contributed by atoms with E-state index in [1.165, 1.54) is 0 Å². The average Bonchev–Trinajstić information content (AvgIpc) is 3.19. The molecule has 1 aliphatic rings. The van der Waals surface area contributed by atoms with Crippen molar-refractivity contribution in [1.29, 1.82) is 0 Å². The first-order chi connectivity index (χ1) is 16.7. The fourth-order valence-corrected chi connectivity index (χ4v) is 4.57. The predicted molar refractivity (Wildman–Crippen MR) is 135 cm³/mol. The standard InChI is InChI=1S/C28H30N4O2/c1-31-26-12-6-5-11-25(26)30-27(31)19-32-17-7-10-22(18-32)28(33)29-23-13-15-24(16-14-23)34-20-21-8-3-2-4-9-21/h2-6,8-9,11-16,22H,7,10,17-20H2,1H3,(H,29,33)/t22-/m1/s1. The normalized spacial score (nSPS) is 16.4. The van der Waals surface area contributed by atoms with Crippen molar-refractivity contribution in [2.75, 3.05) is 18.4 Å².